The number of anilines is 1. The van der Waals surface area contributed by atoms with E-state index < -0.39 is 89.4 Å². The summed E-state index contributed by atoms with van der Waals surface area (Å²) in [5.74, 6) is -5.45. The number of carbonyl (C=O) groups excluding carboxylic acids is 12. The standard InChI is InChI=1S/C78H121N11O17S/c1-17-49(8)70(61(104-15)41-65(94)88-37-23-27-58(88)71(105-16)50(9)72(96)82-51(10)68(85-102)53-24-21-26-56(38-53)103-14)86(12)74(98)57(46(2)3)40-60(91)69(48(6)7)87(13)77(101)106-44-52-29-31-55(32-30-52)83-73(97)54(25-22-35-81-76(79)100)39-59(90)67(47(4)5)84-63(92)28-19-18-20-36-89-66(95)42-62(75(89)99)107-45-78(33-34-78)43-64(93)80-11/h21,24,26,29-32,38,46-51,54,57-58,61-62,67,69-71,102H,17-20,22-23,25,27-28,33-37,39-45H2,1-16H3,(H,80,93)(H,82,96)(H,83,97)(H,84,92)(H3,79,81,100)/b85-68-/t49-,50+,51+,54+,57-,58-,61+,62?,67-,69-,70-,71+/m0/s1. The van der Waals surface area contributed by atoms with E-state index in [1.807, 2.05) is 27.7 Å². The largest absolute Gasteiger partial charge is 0.497 e. The SMILES string of the molecule is CC[C@H](C)[C@@H]([C@@H](CC(=O)N1CCC[C@H]1[C@H](OC)[C@@H](C)C(=O)N[C@H](C)/C(=N/O)c1cccc(OC)c1)OC)N(C)C(=O)[C@@H](CC(=O)[C@H](C(C)C)N(C)C(=O)OCc1ccc(NC(=O)[C@H](CCCNC(N)=O)CC(=O)[C@@H](NC(=O)CCCCCN2C(=O)CC(SCC3(CC(=O)NC)CC3)C2=O)C(C)C)cc1)C(C)C. The fraction of sp³-hybridized carbons (Fsp3) is 0.679. The molecule has 2 aliphatic heterocycles. The van der Waals surface area contributed by atoms with Gasteiger partial charge >= 0.3 is 12.1 Å². The van der Waals surface area contributed by atoms with Crippen molar-refractivity contribution in [2.45, 2.75) is 226 Å². The molecule has 2 aromatic rings. The van der Waals surface area contributed by atoms with Crippen LogP contribution in [0.15, 0.2) is 53.7 Å². The summed E-state index contributed by atoms with van der Waals surface area (Å²) in [6, 6.07) is 9.03. The second-order valence-electron chi connectivity index (χ2n) is 30.2. The Morgan fingerprint density at radius 2 is 1.49 bits per heavy atom. The number of methoxy groups -OCH3 is 3. The van der Waals surface area contributed by atoms with E-state index in [4.69, 9.17) is 24.7 Å². The van der Waals surface area contributed by atoms with Crippen molar-refractivity contribution in [2.24, 2.45) is 57.7 Å². The quantitative estimate of drug-likeness (QED) is 0.0108. The van der Waals surface area contributed by atoms with Crippen molar-refractivity contribution in [1.82, 2.24) is 40.9 Å². The number of primary amides is 1. The fourth-order valence-corrected chi connectivity index (χ4v) is 16.0. The van der Waals surface area contributed by atoms with Gasteiger partial charge in [0.05, 0.1) is 67.1 Å². The number of nitrogens with one attached hydrogen (secondary N) is 5. The first-order valence-corrected chi connectivity index (χ1v) is 38.9. The Morgan fingerprint density at radius 3 is 2.07 bits per heavy atom. The maximum absolute atomic E-state index is 15.0. The van der Waals surface area contributed by atoms with Crippen molar-refractivity contribution >= 4 is 94.1 Å². The van der Waals surface area contributed by atoms with Crippen LogP contribution in [0.1, 0.15) is 183 Å². The highest BCUT2D eigenvalue weighted by Crippen LogP contribution is 2.52. The molecule has 596 valence electrons. The molecule has 0 spiro atoms. The molecule has 29 heteroatoms. The van der Waals surface area contributed by atoms with Crippen LogP contribution in [0, 0.1) is 46.8 Å². The molecule has 2 aromatic carbocycles. The molecular formula is C78H121N11O17S. The fourth-order valence-electron chi connectivity index (χ4n) is 14.6. The Labute approximate surface area is 636 Å². The third kappa shape index (κ3) is 26.0. The molecule has 5 rings (SSSR count). The van der Waals surface area contributed by atoms with E-state index in [2.05, 4.69) is 31.7 Å². The van der Waals surface area contributed by atoms with Gasteiger partial charge in [-0.3, -0.25) is 52.8 Å². The number of rotatable bonds is 46. The Morgan fingerprint density at radius 1 is 0.794 bits per heavy atom. The molecular weight excluding hydrogens is 1390 g/mol. The zero-order chi connectivity index (χ0) is 79.6. The summed E-state index contributed by atoms with van der Waals surface area (Å²) in [7, 11) is 9.28. The number of oxime groups is 1. The second kappa shape index (κ2) is 43.1. The Balaban J connectivity index is 1.15. The van der Waals surface area contributed by atoms with Crippen LogP contribution in [0.5, 0.6) is 5.75 Å². The van der Waals surface area contributed by atoms with Crippen molar-refractivity contribution in [3.63, 3.8) is 0 Å². The highest BCUT2D eigenvalue weighted by atomic mass is 32.2. The smallest absolute Gasteiger partial charge is 0.410 e. The molecule has 0 aromatic heterocycles. The summed E-state index contributed by atoms with van der Waals surface area (Å²) >= 11 is 1.45. The average Bonchev–Trinajstić information content (AvgIpc) is 1.77. The van der Waals surface area contributed by atoms with E-state index in [0.717, 1.165) is 12.8 Å². The van der Waals surface area contributed by atoms with Gasteiger partial charge in [-0.25, -0.2) is 9.59 Å². The number of thioether (sulfide) groups is 1. The van der Waals surface area contributed by atoms with Crippen LogP contribution in [0.2, 0.25) is 0 Å². The summed E-state index contributed by atoms with van der Waals surface area (Å²) in [6.45, 7) is 18.9. The van der Waals surface area contributed by atoms with Gasteiger partial charge in [-0.15, -0.1) is 11.8 Å². The topological polar surface area (TPSA) is 373 Å². The molecule has 107 heavy (non-hydrogen) atoms. The minimum Gasteiger partial charge on any atom is -0.497 e. The van der Waals surface area contributed by atoms with Crippen LogP contribution < -0.4 is 37.1 Å². The number of nitrogens with zero attached hydrogens (tertiary/aromatic N) is 5. The summed E-state index contributed by atoms with van der Waals surface area (Å²) in [6.07, 6.45) is 3.49. The van der Waals surface area contributed by atoms with Crippen molar-refractivity contribution in [1.29, 1.82) is 0 Å². The predicted octanol–water partition coefficient (Wildman–Crippen LogP) is 8.26. The maximum atomic E-state index is 15.0. The van der Waals surface area contributed by atoms with Gasteiger partial charge in [0, 0.05) is 116 Å². The number of Topliss-reactive ketones (excluding diaryl/α,β-unsaturated/α-hetero) is 2. The third-order valence-electron chi connectivity index (χ3n) is 21.3. The lowest BCUT2D eigenvalue weighted by atomic mass is 9.83. The van der Waals surface area contributed by atoms with E-state index in [-0.39, 0.29) is 140 Å². The molecule has 3 aliphatic rings. The van der Waals surface area contributed by atoms with Gasteiger partial charge in [0.25, 0.3) is 0 Å². The van der Waals surface area contributed by atoms with Crippen molar-refractivity contribution < 1.29 is 81.7 Å². The Bertz CT molecular complexity index is 3390. The zero-order valence-corrected chi connectivity index (χ0v) is 66.6. The number of ether oxygens (including phenoxy) is 4. The summed E-state index contributed by atoms with van der Waals surface area (Å²) < 4.78 is 23.2. The van der Waals surface area contributed by atoms with Gasteiger partial charge in [-0.2, -0.15) is 0 Å². The van der Waals surface area contributed by atoms with Crippen LogP contribution in [0.25, 0.3) is 0 Å². The van der Waals surface area contributed by atoms with Gasteiger partial charge in [0.2, 0.25) is 47.3 Å². The van der Waals surface area contributed by atoms with E-state index in [9.17, 15) is 62.7 Å². The average molecular weight is 1520 g/mol. The van der Waals surface area contributed by atoms with Crippen LogP contribution in [0.4, 0.5) is 15.3 Å². The van der Waals surface area contributed by atoms with E-state index in [1.165, 1.54) is 49.9 Å². The van der Waals surface area contributed by atoms with Crippen LogP contribution in [-0.4, -0.2) is 217 Å². The van der Waals surface area contributed by atoms with Crippen LogP contribution in [0.3, 0.4) is 0 Å². The predicted molar refractivity (Wildman–Crippen MR) is 408 cm³/mol. The highest BCUT2D eigenvalue weighted by molar-refractivity contribution is 8.00. The first kappa shape index (κ1) is 89.4. The summed E-state index contributed by atoms with van der Waals surface area (Å²) in [4.78, 5) is 169. The number of likely N-dealkylation sites (tertiary alicyclic amines) is 2. The monoisotopic (exact) mass is 1520 g/mol. The number of hydrogen-bond acceptors (Lipinski definition) is 19. The lowest BCUT2D eigenvalue weighted by Gasteiger charge is -2.41. The van der Waals surface area contributed by atoms with Gasteiger partial charge in [0.1, 0.15) is 18.1 Å². The van der Waals surface area contributed by atoms with Gasteiger partial charge in [-0.1, -0.05) is 105 Å². The lowest BCUT2D eigenvalue weighted by molar-refractivity contribution is -0.149. The van der Waals surface area contributed by atoms with E-state index in [0.29, 0.717) is 86.2 Å². The zero-order valence-electron chi connectivity index (χ0n) is 65.8. The van der Waals surface area contributed by atoms with E-state index in [1.54, 1.807) is 114 Å². The molecule has 3 fully saturated rings. The number of ketones is 2. The number of unbranched alkanes of at least 4 members (excludes halogenated alkanes) is 2. The molecule has 11 amide bonds. The molecule has 8 N–H and O–H groups in total. The number of nitrogens with two attached hydrogens (primary N) is 1. The minimum absolute atomic E-state index is 0.0361. The lowest BCUT2D eigenvalue weighted by Crippen LogP contribution is -2.55. The number of likely N-dealkylation sites (N-methyl/N-ethyl adjacent to an activating group) is 2. The number of urea groups is 1. The van der Waals surface area contributed by atoms with Crippen LogP contribution in [-0.2, 0) is 68.8 Å². The van der Waals surface area contributed by atoms with Crippen molar-refractivity contribution in [3.05, 3.63) is 59.7 Å². The van der Waals surface area contributed by atoms with Crippen molar-refractivity contribution in [2.75, 3.05) is 73.2 Å². The summed E-state index contributed by atoms with van der Waals surface area (Å²) in [5.41, 5.74) is 6.88. The first-order valence-electron chi connectivity index (χ1n) is 37.8. The third-order valence-corrected chi connectivity index (χ3v) is 22.9. The van der Waals surface area contributed by atoms with Crippen LogP contribution >= 0.6 is 11.8 Å². The number of carbonyl (C=O) groups is 12. The molecule has 0 radical (unpaired) electrons. The highest BCUT2D eigenvalue weighted by Gasteiger charge is 2.48. The van der Waals surface area contributed by atoms with Gasteiger partial charge in [-0.05, 0) is 117 Å². The van der Waals surface area contributed by atoms with Gasteiger partial charge < -0.3 is 71.2 Å². The first-order chi connectivity index (χ1) is 50.7. The molecule has 1 unspecified atom stereocenters. The summed E-state index contributed by atoms with van der Waals surface area (Å²) in [5, 5.41) is 26.9. The second-order valence-corrected chi connectivity index (χ2v) is 31.4. The van der Waals surface area contributed by atoms with Crippen molar-refractivity contribution in [3.8, 4) is 5.75 Å². The molecule has 28 nitrogen and oxygen atoms in total. The number of amides is 11. The Hall–Kier alpha value is -8.18. The van der Waals surface area contributed by atoms with Gasteiger partial charge in [0.15, 0.2) is 11.6 Å². The molecule has 2 heterocycles. The molecule has 1 aliphatic carbocycles. The molecule has 0 bridgehead atoms. The van der Waals surface area contributed by atoms with E-state index >= 15 is 0 Å². The number of imide groups is 1. The number of hydrogen-bond donors (Lipinski definition) is 7. The maximum Gasteiger partial charge on any atom is 0.410 e. The Kier molecular flexibility index (Phi) is 36.0. The normalized spacial score (nSPS) is 18.4. The molecule has 1 saturated carbocycles. The molecule has 2 saturated heterocycles. The number of benzene rings is 2. The minimum atomic E-state index is -0.987. The molecule has 12 atom stereocenters.